The molecule has 5 rings (SSSR count). The van der Waals surface area contributed by atoms with Gasteiger partial charge >= 0.3 is 6.03 Å². The molecule has 0 spiro atoms. The van der Waals surface area contributed by atoms with Crippen LogP contribution < -0.4 is 16.4 Å². The quantitative estimate of drug-likeness (QED) is 0.425. The van der Waals surface area contributed by atoms with Gasteiger partial charge in [0.15, 0.2) is 15.7 Å². The summed E-state index contributed by atoms with van der Waals surface area (Å²) in [6.45, 7) is 0. The summed E-state index contributed by atoms with van der Waals surface area (Å²) in [4.78, 5) is 21.2. The fourth-order valence-corrected chi connectivity index (χ4v) is 4.94. The zero-order chi connectivity index (χ0) is 23.2. The molecule has 1 aliphatic rings. The van der Waals surface area contributed by atoms with Crippen molar-refractivity contribution in [2.45, 2.75) is 24.2 Å². The lowest BCUT2D eigenvalue weighted by molar-refractivity contribution is 0.262. The number of benzene rings is 2. The van der Waals surface area contributed by atoms with Crippen LogP contribution in [-0.2, 0) is 22.7 Å². The van der Waals surface area contributed by atoms with Gasteiger partial charge in [0, 0.05) is 29.0 Å². The Bertz CT molecular complexity index is 1490. The third kappa shape index (κ3) is 3.89. The molecule has 4 N–H and O–H groups in total. The molecule has 0 aliphatic heterocycles. The van der Waals surface area contributed by atoms with Gasteiger partial charge in [0.1, 0.15) is 11.8 Å². The fraction of sp³-hybridized carbons (Fsp3) is 0.174. The number of carbonyl (C=O) groups is 1. The molecule has 0 saturated carbocycles. The molecule has 0 bridgehead atoms. The van der Waals surface area contributed by atoms with Gasteiger partial charge in [0.2, 0.25) is 0 Å². The van der Waals surface area contributed by atoms with Gasteiger partial charge in [0.25, 0.3) is 0 Å². The molecule has 10 heteroatoms. The standard InChI is InChI=1S/C23H22N6O3S/c1-33(31,32)17-5-2-4-15(12-17)28-23(30)27-14-8-10-16(11-9-14)29-19-7-3-6-18(19)20-21(29)22(24)26-13-25-20/h2,4-5,8-13H,3,6-7H2,1H3,(H2,24,25,26)(H2,27,28,30). The second-order valence-electron chi connectivity index (χ2n) is 8.00. The van der Waals surface area contributed by atoms with Crippen LogP contribution in [0.2, 0.25) is 0 Å². The molecule has 0 atom stereocenters. The monoisotopic (exact) mass is 462 g/mol. The second-order valence-corrected chi connectivity index (χ2v) is 10.0. The lowest BCUT2D eigenvalue weighted by Crippen LogP contribution is -2.19. The van der Waals surface area contributed by atoms with Crippen LogP contribution in [0.3, 0.4) is 0 Å². The number of sulfone groups is 1. The van der Waals surface area contributed by atoms with Crippen molar-refractivity contribution in [3.8, 4) is 5.69 Å². The predicted octanol–water partition coefficient (Wildman–Crippen LogP) is 3.54. The van der Waals surface area contributed by atoms with E-state index in [0.29, 0.717) is 17.2 Å². The van der Waals surface area contributed by atoms with Gasteiger partial charge in [-0.05, 0) is 67.3 Å². The number of fused-ring (bicyclic) bond motifs is 3. The van der Waals surface area contributed by atoms with E-state index in [9.17, 15) is 13.2 Å². The molecular formula is C23H22N6O3S. The summed E-state index contributed by atoms with van der Waals surface area (Å²) >= 11 is 0. The Balaban J connectivity index is 1.38. The summed E-state index contributed by atoms with van der Waals surface area (Å²) in [5.41, 5.74) is 12.2. The number of carbonyl (C=O) groups excluding carboxylic acids is 1. The van der Waals surface area contributed by atoms with Crippen LogP contribution in [0.1, 0.15) is 17.7 Å². The van der Waals surface area contributed by atoms with Gasteiger partial charge < -0.3 is 20.9 Å². The number of anilines is 3. The van der Waals surface area contributed by atoms with Crippen molar-refractivity contribution in [1.29, 1.82) is 0 Å². The van der Waals surface area contributed by atoms with Gasteiger partial charge in [-0.3, -0.25) is 0 Å². The minimum absolute atomic E-state index is 0.138. The topological polar surface area (TPSA) is 132 Å². The van der Waals surface area contributed by atoms with Crippen molar-refractivity contribution in [3.05, 3.63) is 66.1 Å². The van der Waals surface area contributed by atoms with Gasteiger partial charge in [-0.2, -0.15) is 0 Å². The molecule has 2 aromatic carbocycles. The van der Waals surface area contributed by atoms with Crippen LogP contribution in [0.15, 0.2) is 59.8 Å². The largest absolute Gasteiger partial charge is 0.382 e. The second kappa shape index (κ2) is 7.89. The number of aromatic nitrogens is 3. The van der Waals surface area contributed by atoms with E-state index >= 15 is 0 Å². The van der Waals surface area contributed by atoms with Crippen molar-refractivity contribution in [2.75, 3.05) is 22.6 Å². The minimum Gasteiger partial charge on any atom is -0.382 e. The number of hydrogen-bond acceptors (Lipinski definition) is 6. The number of aryl methyl sites for hydroxylation is 1. The zero-order valence-corrected chi connectivity index (χ0v) is 18.7. The van der Waals surface area contributed by atoms with E-state index in [2.05, 4.69) is 25.2 Å². The van der Waals surface area contributed by atoms with E-state index in [1.807, 2.05) is 12.1 Å². The highest BCUT2D eigenvalue weighted by Gasteiger charge is 2.25. The third-order valence-corrected chi connectivity index (χ3v) is 6.83. The van der Waals surface area contributed by atoms with Crippen molar-refractivity contribution >= 4 is 44.1 Å². The van der Waals surface area contributed by atoms with E-state index in [1.54, 1.807) is 24.3 Å². The molecule has 0 fully saturated rings. The number of nitrogens with one attached hydrogen (secondary N) is 2. The number of rotatable bonds is 4. The maximum atomic E-state index is 12.4. The smallest absolute Gasteiger partial charge is 0.323 e. The lowest BCUT2D eigenvalue weighted by atomic mass is 10.2. The summed E-state index contributed by atoms with van der Waals surface area (Å²) in [5, 5.41) is 5.42. The summed E-state index contributed by atoms with van der Waals surface area (Å²) in [6, 6.07) is 13.0. The highest BCUT2D eigenvalue weighted by molar-refractivity contribution is 7.90. The van der Waals surface area contributed by atoms with Crippen molar-refractivity contribution in [1.82, 2.24) is 14.5 Å². The molecule has 4 aromatic rings. The van der Waals surface area contributed by atoms with Gasteiger partial charge in [-0.15, -0.1) is 0 Å². The third-order valence-electron chi connectivity index (χ3n) is 5.72. The van der Waals surface area contributed by atoms with Crippen LogP contribution >= 0.6 is 0 Å². The Kier molecular flexibility index (Phi) is 5.01. The molecule has 2 heterocycles. The first-order chi connectivity index (χ1) is 15.8. The number of urea groups is 1. The first-order valence-electron chi connectivity index (χ1n) is 10.4. The van der Waals surface area contributed by atoms with Gasteiger partial charge in [-0.1, -0.05) is 6.07 Å². The number of hydrogen-bond donors (Lipinski definition) is 3. The average molecular weight is 463 g/mol. The molecule has 0 unspecified atom stereocenters. The number of nitrogen functional groups attached to an aromatic ring is 1. The first kappa shape index (κ1) is 21.0. The van der Waals surface area contributed by atoms with Crippen molar-refractivity contribution in [3.63, 3.8) is 0 Å². The maximum absolute atomic E-state index is 12.4. The minimum atomic E-state index is -3.36. The van der Waals surface area contributed by atoms with E-state index in [1.165, 1.54) is 29.7 Å². The zero-order valence-electron chi connectivity index (χ0n) is 17.9. The fourth-order valence-electron chi connectivity index (χ4n) is 4.27. The summed E-state index contributed by atoms with van der Waals surface area (Å²) in [6.07, 6.45) is 5.61. The molecule has 168 valence electrons. The molecule has 33 heavy (non-hydrogen) atoms. The van der Waals surface area contributed by atoms with Crippen molar-refractivity contribution < 1.29 is 13.2 Å². The predicted molar refractivity (Wildman–Crippen MR) is 127 cm³/mol. The lowest BCUT2D eigenvalue weighted by Gasteiger charge is -2.12. The number of nitrogens with zero attached hydrogens (tertiary/aromatic N) is 3. The van der Waals surface area contributed by atoms with Crippen LogP contribution in [0.5, 0.6) is 0 Å². The molecule has 1 aliphatic carbocycles. The molecule has 0 radical (unpaired) electrons. The maximum Gasteiger partial charge on any atom is 0.323 e. The van der Waals surface area contributed by atoms with E-state index in [4.69, 9.17) is 5.73 Å². The normalized spacial score (nSPS) is 13.1. The van der Waals surface area contributed by atoms with Crippen LogP contribution in [0.4, 0.5) is 22.0 Å². The highest BCUT2D eigenvalue weighted by Crippen LogP contribution is 2.36. The summed E-state index contributed by atoms with van der Waals surface area (Å²) in [7, 11) is -3.36. The van der Waals surface area contributed by atoms with E-state index in [-0.39, 0.29) is 4.90 Å². The number of amides is 2. The first-order valence-corrected chi connectivity index (χ1v) is 12.3. The average Bonchev–Trinajstić information content (AvgIpc) is 3.36. The Hall–Kier alpha value is -3.92. The molecule has 2 amide bonds. The Morgan fingerprint density at radius 3 is 2.55 bits per heavy atom. The van der Waals surface area contributed by atoms with Crippen LogP contribution in [0, 0.1) is 0 Å². The van der Waals surface area contributed by atoms with Gasteiger partial charge in [-0.25, -0.2) is 23.2 Å². The molecule has 0 saturated heterocycles. The Morgan fingerprint density at radius 1 is 1.03 bits per heavy atom. The Labute approximate surface area is 190 Å². The van der Waals surface area contributed by atoms with Crippen molar-refractivity contribution in [2.24, 2.45) is 0 Å². The molecular weight excluding hydrogens is 440 g/mol. The van der Waals surface area contributed by atoms with Gasteiger partial charge in [0.05, 0.1) is 10.4 Å². The Morgan fingerprint density at radius 2 is 1.79 bits per heavy atom. The van der Waals surface area contributed by atoms with E-state index < -0.39 is 15.9 Å². The number of nitrogens with two attached hydrogens (primary N) is 1. The van der Waals surface area contributed by atoms with Crippen LogP contribution in [-0.4, -0.2) is 35.2 Å². The highest BCUT2D eigenvalue weighted by atomic mass is 32.2. The molecule has 2 aromatic heterocycles. The molecule has 9 nitrogen and oxygen atoms in total. The summed E-state index contributed by atoms with van der Waals surface area (Å²) < 4.78 is 25.5. The summed E-state index contributed by atoms with van der Waals surface area (Å²) in [5.74, 6) is 0.437. The van der Waals surface area contributed by atoms with E-state index in [0.717, 1.165) is 42.2 Å². The SMILES string of the molecule is CS(=O)(=O)c1cccc(NC(=O)Nc2ccc(-n3c4c(c5ncnc(N)c53)CCC4)cc2)c1. The van der Waals surface area contributed by atoms with Crippen LogP contribution in [0.25, 0.3) is 16.7 Å².